The summed E-state index contributed by atoms with van der Waals surface area (Å²) in [5.74, 6) is 7.00. The van der Waals surface area contributed by atoms with Crippen LogP contribution in [0.25, 0.3) is 0 Å². The average Bonchev–Trinajstić information content (AvgIpc) is 2.67. The van der Waals surface area contributed by atoms with Gasteiger partial charge in [0, 0.05) is 24.0 Å². The third-order valence-electron chi connectivity index (χ3n) is 3.73. The Morgan fingerprint density at radius 2 is 1.08 bits per heavy atom. The Bertz CT molecular complexity index is 779. The number of methoxy groups -OCH3 is 2. The Morgan fingerprint density at radius 1 is 0.720 bits per heavy atom. The summed E-state index contributed by atoms with van der Waals surface area (Å²) in [6.45, 7) is 0. The van der Waals surface area contributed by atoms with Gasteiger partial charge >= 0.3 is 0 Å². The van der Waals surface area contributed by atoms with Crippen LogP contribution in [0.1, 0.15) is 11.1 Å². The van der Waals surface area contributed by atoms with Crippen molar-refractivity contribution < 1.29 is 9.47 Å². The van der Waals surface area contributed by atoms with Gasteiger partial charge in [-0.05, 0) is 35.4 Å². The summed E-state index contributed by atoms with van der Waals surface area (Å²) >= 11 is 0. The molecule has 2 nitrogen and oxygen atoms in total. The summed E-state index contributed by atoms with van der Waals surface area (Å²) < 4.78 is 10.3. The van der Waals surface area contributed by atoms with E-state index < -0.39 is 0 Å². The van der Waals surface area contributed by atoms with Gasteiger partial charge in [0.15, 0.2) is 0 Å². The van der Waals surface area contributed by atoms with Gasteiger partial charge in [-0.15, -0.1) is 12.8 Å². The molecule has 0 aliphatic carbocycles. The highest BCUT2D eigenvalue weighted by atomic mass is 16.5. The second-order valence-corrected chi connectivity index (χ2v) is 5.42. The highest BCUT2D eigenvalue weighted by Crippen LogP contribution is 2.16. The Balaban J connectivity index is 2.22. The molecule has 0 atom stereocenters. The second-order valence-electron chi connectivity index (χ2n) is 5.42. The lowest BCUT2D eigenvalue weighted by molar-refractivity contribution is 0.414. The van der Waals surface area contributed by atoms with Gasteiger partial charge in [-0.25, -0.2) is 0 Å². The lowest BCUT2D eigenvalue weighted by Crippen LogP contribution is -1.91. The summed E-state index contributed by atoms with van der Waals surface area (Å²) in [7, 11) is 3.28. The van der Waals surface area contributed by atoms with E-state index in [1.54, 1.807) is 14.2 Å². The molecule has 0 unspecified atom stereocenters. The lowest BCUT2D eigenvalue weighted by Gasteiger charge is -2.04. The highest BCUT2D eigenvalue weighted by molar-refractivity contribution is 5.40. The molecular formula is C23H20O2. The van der Waals surface area contributed by atoms with Crippen LogP contribution in [-0.4, -0.2) is 14.2 Å². The molecule has 2 aromatic rings. The predicted molar refractivity (Wildman–Crippen MR) is 102 cm³/mol. The molecule has 0 bridgehead atoms. The maximum Gasteiger partial charge on any atom is 0.118 e. The molecule has 0 heterocycles. The molecule has 0 radical (unpaired) electrons. The third kappa shape index (κ3) is 5.36. The molecular weight excluding hydrogens is 308 g/mol. The van der Waals surface area contributed by atoms with Crippen molar-refractivity contribution in [1.29, 1.82) is 0 Å². The predicted octanol–water partition coefficient (Wildman–Crippen LogP) is 4.21. The summed E-state index contributed by atoms with van der Waals surface area (Å²) in [6.07, 6.45) is 12.5. The van der Waals surface area contributed by atoms with Gasteiger partial charge in [0.25, 0.3) is 0 Å². The van der Waals surface area contributed by atoms with E-state index in [1.807, 2.05) is 48.5 Å². The largest absolute Gasteiger partial charge is 0.497 e. The van der Waals surface area contributed by atoms with E-state index in [9.17, 15) is 0 Å². The minimum atomic E-state index is 0.605. The summed E-state index contributed by atoms with van der Waals surface area (Å²) in [5, 5.41) is 0. The first kappa shape index (κ1) is 18.0. The molecule has 0 amide bonds. The first-order chi connectivity index (χ1) is 12.2. The zero-order valence-electron chi connectivity index (χ0n) is 14.5. The molecule has 2 heteroatoms. The monoisotopic (exact) mass is 328 g/mol. The maximum absolute atomic E-state index is 5.64. The summed E-state index contributed by atoms with van der Waals surface area (Å²) in [6, 6.07) is 15.6. The van der Waals surface area contributed by atoms with Crippen molar-refractivity contribution in [3.05, 3.63) is 76.5 Å². The van der Waals surface area contributed by atoms with E-state index >= 15 is 0 Å². The first-order valence-corrected chi connectivity index (χ1v) is 7.86. The highest BCUT2D eigenvalue weighted by Gasteiger charge is 2.01. The average molecular weight is 328 g/mol. The molecule has 0 N–H and O–H groups in total. The zero-order chi connectivity index (χ0) is 18.1. The fourth-order valence-corrected chi connectivity index (χ4v) is 2.34. The second kappa shape index (κ2) is 9.09. The van der Waals surface area contributed by atoms with Gasteiger partial charge < -0.3 is 9.47 Å². The van der Waals surface area contributed by atoms with Crippen LogP contribution >= 0.6 is 0 Å². The van der Waals surface area contributed by atoms with Gasteiger partial charge in [-0.3, -0.25) is 0 Å². The van der Waals surface area contributed by atoms with E-state index in [2.05, 4.69) is 17.6 Å². The van der Waals surface area contributed by atoms with Crippen LogP contribution in [0.4, 0.5) is 0 Å². The minimum Gasteiger partial charge on any atom is -0.497 e. The van der Waals surface area contributed by atoms with Crippen molar-refractivity contribution in [1.82, 2.24) is 0 Å². The molecule has 0 saturated heterocycles. The Hall–Kier alpha value is -3.32. The Labute approximate surface area is 149 Å². The van der Waals surface area contributed by atoms with Crippen molar-refractivity contribution in [3.8, 4) is 36.2 Å². The molecule has 2 rings (SSSR count). The van der Waals surface area contributed by atoms with E-state index in [1.165, 1.54) is 0 Å². The normalized spacial score (nSPS) is 9.28. The number of hydrogen-bond donors (Lipinski definition) is 0. The lowest BCUT2D eigenvalue weighted by atomic mass is 10.0. The SMILES string of the molecule is C#CC(=C=C(C#C)Cc1ccc(OC)cc1)Cc1ccc(OC)cc1. The fraction of sp³-hybridized carbons (Fsp3) is 0.174. The van der Waals surface area contributed by atoms with Crippen molar-refractivity contribution in [2.75, 3.05) is 14.2 Å². The number of allylic oxidation sites excluding steroid dienone is 1. The minimum absolute atomic E-state index is 0.605. The van der Waals surface area contributed by atoms with E-state index in [-0.39, 0.29) is 0 Å². The van der Waals surface area contributed by atoms with Crippen LogP contribution in [-0.2, 0) is 12.8 Å². The Kier molecular flexibility index (Phi) is 6.56. The van der Waals surface area contributed by atoms with Crippen molar-refractivity contribution >= 4 is 0 Å². The number of rotatable bonds is 6. The van der Waals surface area contributed by atoms with Crippen molar-refractivity contribution in [2.24, 2.45) is 0 Å². The topological polar surface area (TPSA) is 18.5 Å². The number of ether oxygens (including phenoxy) is 2. The van der Waals surface area contributed by atoms with Crippen LogP contribution in [0, 0.1) is 24.7 Å². The third-order valence-corrected chi connectivity index (χ3v) is 3.73. The molecule has 0 aliphatic heterocycles. The molecule has 2 aromatic carbocycles. The quantitative estimate of drug-likeness (QED) is 0.584. The van der Waals surface area contributed by atoms with E-state index in [0.29, 0.717) is 12.8 Å². The van der Waals surface area contributed by atoms with Crippen molar-refractivity contribution in [3.63, 3.8) is 0 Å². The fourth-order valence-electron chi connectivity index (χ4n) is 2.34. The molecule has 0 aromatic heterocycles. The molecule has 0 spiro atoms. The van der Waals surface area contributed by atoms with Crippen LogP contribution in [0.5, 0.6) is 11.5 Å². The van der Waals surface area contributed by atoms with Gasteiger partial charge in [-0.1, -0.05) is 41.8 Å². The molecule has 0 saturated carbocycles. The zero-order valence-corrected chi connectivity index (χ0v) is 14.5. The molecule has 0 aliphatic rings. The van der Waals surface area contributed by atoms with Gasteiger partial charge in [-0.2, -0.15) is 0 Å². The Morgan fingerprint density at radius 3 is 1.36 bits per heavy atom. The standard InChI is InChI=1S/C23H20O2/c1-5-18(16-20-7-11-22(24-3)12-8-20)15-19(6-2)17-21-9-13-23(25-4)14-10-21/h1-2,7-14H,16-17H2,3-4H3. The first-order valence-electron chi connectivity index (χ1n) is 7.86. The van der Waals surface area contributed by atoms with Crippen LogP contribution in [0.2, 0.25) is 0 Å². The van der Waals surface area contributed by atoms with Crippen molar-refractivity contribution in [2.45, 2.75) is 12.8 Å². The van der Waals surface area contributed by atoms with E-state index in [0.717, 1.165) is 33.8 Å². The van der Waals surface area contributed by atoms with Crippen LogP contribution < -0.4 is 9.47 Å². The van der Waals surface area contributed by atoms with E-state index in [4.69, 9.17) is 22.3 Å². The van der Waals surface area contributed by atoms with Gasteiger partial charge in [0.05, 0.1) is 14.2 Å². The van der Waals surface area contributed by atoms with Gasteiger partial charge in [0.1, 0.15) is 11.5 Å². The maximum atomic E-state index is 5.64. The van der Waals surface area contributed by atoms with Gasteiger partial charge in [0.2, 0.25) is 0 Å². The number of hydrogen-bond acceptors (Lipinski definition) is 2. The van der Waals surface area contributed by atoms with Crippen LogP contribution in [0.15, 0.2) is 65.4 Å². The molecule has 124 valence electrons. The molecule has 25 heavy (non-hydrogen) atoms. The molecule has 0 fully saturated rings. The van der Waals surface area contributed by atoms with Crippen LogP contribution in [0.3, 0.4) is 0 Å². The number of benzene rings is 2. The summed E-state index contributed by atoms with van der Waals surface area (Å²) in [4.78, 5) is 0. The summed E-state index contributed by atoms with van der Waals surface area (Å²) in [5.41, 5.74) is 6.83. The smallest absolute Gasteiger partial charge is 0.118 e. The number of terminal acetylenes is 2.